The van der Waals surface area contributed by atoms with Crippen molar-refractivity contribution in [1.29, 1.82) is 0 Å². The minimum absolute atomic E-state index is 0.479. The van der Waals surface area contributed by atoms with Crippen molar-refractivity contribution in [2.75, 3.05) is 13.1 Å². The Morgan fingerprint density at radius 3 is 1.96 bits per heavy atom. The number of hydrogen-bond donors (Lipinski definition) is 0. The standard InChI is InChI=1S/C18H34N2S.C2H6/c1-8-17(13(2)3)20(15(6)7)16-9-11-19(12-10-16)18(21)14(4)5;1-2/h13-14,16-17H,6,8-12H2,1-5,7H3;1-2H3. The predicted octanol–water partition coefficient (Wildman–Crippen LogP) is 5.73. The summed E-state index contributed by atoms with van der Waals surface area (Å²) in [5.74, 6) is 1.15. The van der Waals surface area contributed by atoms with Crippen LogP contribution in [0.4, 0.5) is 0 Å². The topological polar surface area (TPSA) is 6.48 Å². The Labute approximate surface area is 151 Å². The predicted molar refractivity (Wildman–Crippen MR) is 109 cm³/mol. The van der Waals surface area contributed by atoms with Gasteiger partial charge in [-0.15, -0.1) is 0 Å². The normalized spacial score (nSPS) is 16.9. The summed E-state index contributed by atoms with van der Waals surface area (Å²) in [5.41, 5.74) is 1.22. The van der Waals surface area contributed by atoms with E-state index in [1.54, 1.807) is 0 Å². The molecule has 1 rings (SSSR count). The zero-order valence-electron chi connectivity index (χ0n) is 16.9. The molecule has 0 aromatic rings. The van der Waals surface area contributed by atoms with Crippen LogP contribution in [0.5, 0.6) is 0 Å². The summed E-state index contributed by atoms with van der Waals surface area (Å²) in [5, 5.41) is 0. The van der Waals surface area contributed by atoms with E-state index in [1.807, 2.05) is 13.8 Å². The van der Waals surface area contributed by atoms with Crippen molar-refractivity contribution in [3.05, 3.63) is 12.3 Å². The Balaban J connectivity index is 0.00000232. The van der Waals surface area contributed by atoms with E-state index in [0.29, 0.717) is 23.9 Å². The summed E-state index contributed by atoms with van der Waals surface area (Å²) in [6.07, 6.45) is 3.58. The van der Waals surface area contributed by atoms with Crippen molar-refractivity contribution in [3.8, 4) is 0 Å². The number of rotatable bonds is 6. The van der Waals surface area contributed by atoms with E-state index in [4.69, 9.17) is 12.2 Å². The molecule has 0 bridgehead atoms. The minimum Gasteiger partial charge on any atom is -0.369 e. The van der Waals surface area contributed by atoms with Gasteiger partial charge in [-0.25, -0.2) is 0 Å². The van der Waals surface area contributed by atoms with Crippen molar-refractivity contribution in [1.82, 2.24) is 9.80 Å². The third-order valence-electron chi connectivity index (χ3n) is 4.65. The van der Waals surface area contributed by atoms with Gasteiger partial charge in [0.25, 0.3) is 0 Å². The molecule has 1 aliphatic rings. The highest BCUT2D eigenvalue weighted by atomic mass is 32.1. The molecule has 0 radical (unpaired) electrons. The van der Waals surface area contributed by atoms with Gasteiger partial charge < -0.3 is 9.80 Å². The van der Waals surface area contributed by atoms with Crippen LogP contribution in [0.2, 0.25) is 0 Å². The summed E-state index contributed by atoms with van der Waals surface area (Å²) in [6.45, 7) is 23.9. The van der Waals surface area contributed by atoms with Gasteiger partial charge in [-0.05, 0) is 32.1 Å². The molecule has 0 spiro atoms. The van der Waals surface area contributed by atoms with E-state index in [1.165, 1.54) is 25.0 Å². The van der Waals surface area contributed by atoms with Crippen LogP contribution in [0.1, 0.15) is 74.7 Å². The molecule has 0 aromatic carbocycles. The molecule has 0 amide bonds. The molecular weight excluding hydrogens is 300 g/mol. The van der Waals surface area contributed by atoms with Crippen molar-refractivity contribution >= 4 is 17.2 Å². The molecule has 0 aromatic heterocycles. The van der Waals surface area contributed by atoms with E-state index in [9.17, 15) is 0 Å². The van der Waals surface area contributed by atoms with Gasteiger partial charge in [-0.1, -0.05) is 67.3 Å². The van der Waals surface area contributed by atoms with E-state index in [2.05, 4.69) is 57.9 Å². The smallest absolute Gasteiger partial charge is 0.0805 e. The van der Waals surface area contributed by atoms with Crippen LogP contribution in [0.25, 0.3) is 0 Å². The molecule has 2 nitrogen and oxygen atoms in total. The maximum absolute atomic E-state index is 5.56. The second-order valence-electron chi connectivity index (χ2n) is 7.07. The molecule has 0 aliphatic carbocycles. The Morgan fingerprint density at radius 1 is 1.17 bits per heavy atom. The number of likely N-dealkylation sites (tertiary alicyclic amines) is 1. The van der Waals surface area contributed by atoms with E-state index in [0.717, 1.165) is 18.1 Å². The van der Waals surface area contributed by atoms with Crippen LogP contribution in [0.3, 0.4) is 0 Å². The molecule has 1 saturated heterocycles. The average Bonchev–Trinajstić information content (AvgIpc) is 2.53. The molecule has 0 saturated carbocycles. The van der Waals surface area contributed by atoms with Gasteiger partial charge >= 0.3 is 0 Å². The summed E-state index contributed by atoms with van der Waals surface area (Å²) in [6, 6.07) is 1.23. The average molecular weight is 341 g/mol. The number of hydrogen-bond acceptors (Lipinski definition) is 2. The van der Waals surface area contributed by atoms with Crippen molar-refractivity contribution in [2.45, 2.75) is 86.7 Å². The van der Waals surface area contributed by atoms with Crippen molar-refractivity contribution in [3.63, 3.8) is 0 Å². The maximum Gasteiger partial charge on any atom is 0.0805 e. The van der Waals surface area contributed by atoms with Gasteiger partial charge in [0, 0.05) is 36.8 Å². The zero-order chi connectivity index (χ0) is 18.2. The Kier molecular flexibility index (Phi) is 10.8. The fourth-order valence-electron chi connectivity index (χ4n) is 3.58. The highest BCUT2D eigenvalue weighted by Gasteiger charge is 2.30. The summed E-state index contributed by atoms with van der Waals surface area (Å²) in [7, 11) is 0. The monoisotopic (exact) mass is 340 g/mol. The van der Waals surface area contributed by atoms with E-state index >= 15 is 0 Å². The lowest BCUT2D eigenvalue weighted by Crippen LogP contribution is -2.50. The highest BCUT2D eigenvalue weighted by Crippen LogP contribution is 2.27. The first-order chi connectivity index (χ1) is 10.8. The van der Waals surface area contributed by atoms with Gasteiger partial charge in [0.05, 0.1) is 4.99 Å². The van der Waals surface area contributed by atoms with E-state index in [-0.39, 0.29) is 0 Å². The molecule has 1 heterocycles. The first-order valence-corrected chi connectivity index (χ1v) is 9.93. The van der Waals surface area contributed by atoms with Crippen LogP contribution < -0.4 is 0 Å². The highest BCUT2D eigenvalue weighted by molar-refractivity contribution is 7.80. The van der Waals surface area contributed by atoms with Crippen LogP contribution in [0, 0.1) is 11.8 Å². The molecule has 1 atom stereocenters. The fraction of sp³-hybridized carbons (Fsp3) is 0.850. The van der Waals surface area contributed by atoms with Crippen molar-refractivity contribution < 1.29 is 0 Å². The van der Waals surface area contributed by atoms with Gasteiger partial charge in [0.2, 0.25) is 0 Å². The summed E-state index contributed by atoms with van der Waals surface area (Å²) in [4.78, 5) is 6.13. The van der Waals surface area contributed by atoms with Gasteiger partial charge in [-0.3, -0.25) is 0 Å². The first kappa shape index (κ1) is 22.4. The van der Waals surface area contributed by atoms with Crippen LogP contribution in [-0.4, -0.2) is 40.0 Å². The van der Waals surface area contributed by atoms with Gasteiger partial charge in [-0.2, -0.15) is 0 Å². The molecule has 0 N–H and O–H groups in total. The second-order valence-corrected chi connectivity index (χ2v) is 7.49. The number of piperidine rings is 1. The van der Waals surface area contributed by atoms with Gasteiger partial charge in [0.15, 0.2) is 0 Å². The van der Waals surface area contributed by atoms with Crippen LogP contribution in [0.15, 0.2) is 12.3 Å². The lowest BCUT2D eigenvalue weighted by molar-refractivity contribution is 0.100. The largest absolute Gasteiger partial charge is 0.369 e. The Morgan fingerprint density at radius 2 is 1.65 bits per heavy atom. The first-order valence-electron chi connectivity index (χ1n) is 9.52. The molecular formula is C20H40N2S. The Hall–Kier alpha value is -0.570. The number of thiocarbonyl (C=S) groups is 1. The number of allylic oxidation sites excluding steroid dienone is 1. The third-order valence-corrected chi connectivity index (χ3v) is 5.38. The zero-order valence-corrected chi connectivity index (χ0v) is 17.7. The summed E-state index contributed by atoms with van der Waals surface area (Å²) >= 11 is 5.56. The quantitative estimate of drug-likeness (QED) is 0.570. The molecule has 136 valence electrons. The fourth-order valence-corrected chi connectivity index (χ4v) is 3.77. The van der Waals surface area contributed by atoms with Crippen LogP contribution >= 0.6 is 12.2 Å². The lowest BCUT2D eigenvalue weighted by Gasteiger charge is -2.46. The van der Waals surface area contributed by atoms with Crippen LogP contribution in [-0.2, 0) is 0 Å². The molecule has 23 heavy (non-hydrogen) atoms. The molecule has 1 aliphatic heterocycles. The molecule has 3 heteroatoms. The van der Waals surface area contributed by atoms with E-state index < -0.39 is 0 Å². The van der Waals surface area contributed by atoms with Crippen molar-refractivity contribution in [2.24, 2.45) is 11.8 Å². The number of nitrogens with zero attached hydrogens (tertiary/aromatic N) is 2. The van der Waals surface area contributed by atoms with Gasteiger partial charge in [0.1, 0.15) is 0 Å². The Bertz CT molecular complexity index is 355. The summed E-state index contributed by atoms with van der Waals surface area (Å²) < 4.78 is 0. The molecule has 1 fully saturated rings. The third kappa shape index (κ3) is 6.45. The maximum atomic E-state index is 5.56. The molecule has 1 unspecified atom stereocenters. The second kappa shape index (κ2) is 11.1. The lowest BCUT2D eigenvalue weighted by atomic mass is 9.93. The minimum atomic E-state index is 0.479. The SMILES string of the molecule is C=C(C)N(C1CCN(C(=S)C(C)C)CC1)C(CC)C(C)C.CC.